The van der Waals surface area contributed by atoms with Crippen LogP contribution in [-0.2, 0) is 9.59 Å². The lowest BCUT2D eigenvalue weighted by Crippen LogP contribution is -2.48. The Morgan fingerprint density at radius 1 is 1.25 bits per heavy atom. The standard InChI is InChI=1S/C15H27N3O2/c1-11(2)9-18(8-6-7-16)10-14(20)17-15(12(3)4)13(5)19/h11-12,15H,6,8-10H2,1-5H3,(H,17,20). The van der Waals surface area contributed by atoms with Crippen molar-refractivity contribution in [1.82, 2.24) is 10.2 Å². The van der Waals surface area contributed by atoms with Crippen molar-refractivity contribution in [3.8, 4) is 6.07 Å². The number of nitrogens with one attached hydrogen (secondary N) is 1. The molecule has 5 heteroatoms. The van der Waals surface area contributed by atoms with Gasteiger partial charge in [0.05, 0.1) is 18.7 Å². The third kappa shape index (κ3) is 7.90. The smallest absolute Gasteiger partial charge is 0.234 e. The van der Waals surface area contributed by atoms with E-state index < -0.39 is 6.04 Å². The molecule has 0 aliphatic rings. The summed E-state index contributed by atoms with van der Waals surface area (Å²) in [6.07, 6.45) is 0.403. The molecule has 5 nitrogen and oxygen atoms in total. The van der Waals surface area contributed by atoms with Crippen LogP contribution in [0, 0.1) is 23.2 Å². The fraction of sp³-hybridized carbons (Fsp3) is 0.800. The van der Waals surface area contributed by atoms with Gasteiger partial charge in [0.2, 0.25) is 5.91 Å². The zero-order chi connectivity index (χ0) is 15.7. The van der Waals surface area contributed by atoms with Crippen LogP contribution >= 0.6 is 0 Å². The van der Waals surface area contributed by atoms with Crippen LogP contribution < -0.4 is 5.32 Å². The molecule has 0 radical (unpaired) electrons. The molecular weight excluding hydrogens is 254 g/mol. The first-order valence-corrected chi connectivity index (χ1v) is 7.17. The van der Waals surface area contributed by atoms with Gasteiger partial charge in [-0.25, -0.2) is 0 Å². The molecule has 20 heavy (non-hydrogen) atoms. The van der Waals surface area contributed by atoms with Crippen molar-refractivity contribution in [2.24, 2.45) is 11.8 Å². The van der Waals surface area contributed by atoms with E-state index in [-0.39, 0.29) is 24.2 Å². The number of carbonyl (C=O) groups excluding carboxylic acids is 2. The van der Waals surface area contributed by atoms with Crippen LogP contribution in [0.1, 0.15) is 41.0 Å². The van der Waals surface area contributed by atoms with E-state index in [1.807, 2.05) is 18.7 Å². The zero-order valence-corrected chi connectivity index (χ0v) is 13.3. The summed E-state index contributed by atoms with van der Waals surface area (Å²) in [5.74, 6) is 0.322. The minimum atomic E-state index is -0.431. The summed E-state index contributed by atoms with van der Waals surface area (Å²) in [4.78, 5) is 25.5. The van der Waals surface area contributed by atoms with Crippen molar-refractivity contribution in [2.45, 2.75) is 47.1 Å². The van der Waals surface area contributed by atoms with Crippen LogP contribution in [0.25, 0.3) is 0 Å². The summed E-state index contributed by atoms with van der Waals surface area (Å²) in [6, 6.07) is 1.66. The number of amides is 1. The van der Waals surface area contributed by atoms with Crippen molar-refractivity contribution in [3.05, 3.63) is 0 Å². The number of Topliss-reactive ketones (excluding diaryl/α,β-unsaturated/α-hetero) is 1. The summed E-state index contributed by atoms with van der Waals surface area (Å²) in [6.45, 7) is 11.0. The van der Waals surface area contributed by atoms with Gasteiger partial charge in [0.1, 0.15) is 0 Å². The third-order valence-corrected chi connectivity index (χ3v) is 2.95. The minimum Gasteiger partial charge on any atom is -0.345 e. The van der Waals surface area contributed by atoms with E-state index in [4.69, 9.17) is 5.26 Å². The number of nitrogens with zero attached hydrogens (tertiary/aromatic N) is 2. The van der Waals surface area contributed by atoms with Gasteiger partial charge in [-0.15, -0.1) is 0 Å². The SMILES string of the molecule is CC(=O)C(NC(=O)CN(CCC#N)CC(C)C)C(C)C. The molecule has 0 aliphatic carbocycles. The number of rotatable bonds is 9. The molecule has 0 saturated heterocycles. The first-order chi connectivity index (χ1) is 9.27. The topological polar surface area (TPSA) is 73.2 Å². The lowest BCUT2D eigenvalue weighted by molar-refractivity contribution is -0.128. The van der Waals surface area contributed by atoms with Crippen molar-refractivity contribution in [3.63, 3.8) is 0 Å². The molecule has 0 aromatic rings. The van der Waals surface area contributed by atoms with Gasteiger partial charge in [-0.05, 0) is 18.8 Å². The Morgan fingerprint density at radius 2 is 1.85 bits per heavy atom. The predicted octanol–water partition coefficient (Wildman–Crippen LogP) is 1.59. The lowest BCUT2D eigenvalue weighted by Gasteiger charge is -2.25. The molecule has 0 aliphatic heterocycles. The van der Waals surface area contributed by atoms with E-state index in [2.05, 4.69) is 25.2 Å². The van der Waals surface area contributed by atoms with Crippen LogP contribution in [-0.4, -0.2) is 42.3 Å². The highest BCUT2D eigenvalue weighted by Gasteiger charge is 2.21. The van der Waals surface area contributed by atoms with Crippen LogP contribution in [0.15, 0.2) is 0 Å². The number of ketones is 1. The van der Waals surface area contributed by atoms with Gasteiger partial charge >= 0.3 is 0 Å². The highest BCUT2D eigenvalue weighted by molar-refractivity contribution is 5.88. The molecule has 0 fully saturated rings. The van der Waals surface area contributed by atoms with Crippen molar-refractivity contribution >= 4 is 11.7 Å². The maximum absolute atomic E-state index is 12.0. The number of nitriles is 1. The fourth-order valence-corrected chi connectivity index (χ4v) is 2.12. The maximum atomic E-state index is 12.0. The number of hydrogen-bond acceptors (Lipinski definition) is 4. The van der Waals surface area contributed by atoms with Gasteiger partial charge in [-0.2, -0.15) is 5.26 Å². The summed E-state index contributed by atoms with van der Waals surface area (Å²) < 4.78 is 0. The summed E-state index contributed by atoms with van der Waals surface area (Å²) in [7, 11) is 0. The molecule has 1 atom stereocenters. The van der Waals surface area contributed by atoms with E-state index in [9.17, 15) is 9.59 Å². The first-order valence-electron chi connectivity index (χ1n) is 7.17. The molecule has 114 valence electrons. The Morgan fingerprint density at radius 3 is 2.25 bits per heavy atom. The van der Waals surface area contributed by atoms with Crippen LogP contribution in [0.3, 0.4) is 0 Å². The summed E-state index contributed by atoms with van der Waals surface area (Å²) in [5, 5.41) is 11.4. The predicted molar refractivity (Wildman–Crippen MR) is 79.0 cm³/mol. The molecule has 0 rings (SSSR count). The maximum Gasteiger partial charge on any atom is 0.234 e. The van der Waals surface area contributed by atoms with Gasteiger partial charge in [-0.3, -0.25) is 14.5 Å². The lowest BCUT2D eigenvalue weighted by atomic mass is 10.0. The Kier molecular flexibility index (Phi) is 8.82. The molecular formula is C15H27N3O2. The highest BCUT2D eigenvalue weighted by Crippen LogP contribution is 2.04. The van der Waals surface area contributed by atoms with Crippen LogP contribution in [0.4, 0.5) is 0 Å². The second-order valence-corrected chi connectivity index (χ2v) is 5.94. The quantitative estimate of drug-likeness (QED) is 0.696. The van der Waals surface area contributed by atoms with E-state index in [0.29, 0.717) is 18.9 Å². The molecule has 1 unspecified atom stereocenters. The fourth-order valence-electron chi connectivity index (χ4n) is 2.12. The summed E-state index contributed by atoms with van der Waals surface area (Å²) in [5.41, 5.74) is 0. The Bertz CT molecular complexity index is 359. The molecule has 0 heterocycles. The van der Waals surface area contributed by atoms with E-state index in [1.165, 1.54) is 6.92 Å². The zero-order valence-electron chi connectivity index (χ0n) is 13.3. The second kappa shape index (κ2) is 9.49. The first kappa shape index (κ1) is 18.6. The molecule has 0 bridgehead atoms. The Labute approximate surface area is 122 Å². The second-order valence-electron chi connectivity index (χ2n) is 5.94. The Hall–Kier alpha value is -1.41. The van der Waals surface area contributed by atoms with Gasteiger partial charge in [-0.1, -0.05) is 27.7 Å². The summed E-state index contributed by atoms with van der Waals surface area (Å²) >= 11 is 0. The van der Waals surface area contributed by atoms with E-state index >= 15 is 0 Å². The molecule has 1 N–H and O–H groups in total. The van der Waals surface area contributed by atoms with Crippen LogP contribution in [0.5, 0.6) is 0 Å². The molecule has 0 saturated carbocycles. The van der Waals surface area contributed by atoms with Gasteiger partial charge in [0.15, 0.2) is 5.78 Å². The molecule has 0 aromatic carbocycles. The van der Waals surface area contributed by atoms with Gasteiger partial charge in [0.25, 0.3) is 0 Å². The third-order valence-electron chi connectivity index (χ3n) is 2.95. The normalized spacial score (nSPS) is 12.6. The van der Waals surface area contributed by atoms with Crippen LogP contribution in [0.2, 0.25) is 0 Å². The van der Waals surface area contributed by atoms with E-state index in [1.54, 1.807) is 0 Å². The molecule has 0 aromatic heterocycles. The van der Waals surface area contributed by atoms with Gasteiger partial charge < -0.3 is 5.32 Å². The Balaban J connectivity index is 4.50. The largest absolute Gasteiger partial charge is 0.345 e. The number of carbonyl (C=O) groups is 2. The van der Waals surface area contributed by atoms with Crippen molar-refractivity contribution < 1.29 is 9.59 Å². The minimum absolute atomic E-state index is 0.0271. The van der Waals surface area contributed by atoms with E-state index in [0.717, 1.165) is 6.54 Å². The van der Waals surface area contributed by atoms with Gasteiger partial charge in [0, 0.05) is 19.5 Å². The number of hydrogen-bond donors (Lipinski definition) is 1. The molecule has 0 spiro atoms. The average molecular weight is 281 g/mol. The monoisotopic (exact) mass is 281 g/mol. The van der Waals surface area contributed by atoms with Crippen molar-refractivity contribution in [1.29, 1.82) is 5.26 Å². The van der Waals surface area contributed by atoms with Crippen molar-refractivity contribution in [2.75, 3.05) is 19.6 Å². The average Bonchev–Trinajstić information content (AvgIpc) is 2.31. The highest BCUT2D eigenvalue weighted by atomic mass is 16.2. The molecule has 1 amide bonds.